The molecule has 0 aromatic carbocycles. The molecular weight excluding hydrogens is 272 g/mol. The number of likely N-dealkylation sites (N-methyl/N-ethyl adjacent to an activating group) is 1. The third-order valence-electron chi connectivity index (χ3n) is 3.40. The van der Waals surface area contributed by atoms with Crippen LogP contribution >= 0.6 is 0 Å². The van der Waals surface area contributed by atoms with Crippen LogP contribution in [0.15, 0.2) is 6.20 Å². The number of nitrogens with one attached hydrogen (secondary N) is 2. The second-order valence-electron chi connectivity index (χ2n) is 4.88. The third-order valence-corrected chi connectivity index (χ3v) is 3.40. The maximum Gasteiger partial charge on any atom is 0.329 e. The van der Waals surface area contributed by atoms with Gasteiger partial charge in [-0.15, -0.1) is 0 Å². The number of nitrogens with zero attached hydrogens (tertiary/aromatic N) is 4. The molecule has 1 atom stereocenters. The van der Waals surface area contributed by atoms with Crippen molar-refractivity contribution in [3.63, 3.8) is 0 Å². The van der Waals surface area contributed by atoms with E-state index in [1.807, 2.05) is 14.0 Å². The number of aromatic nitrogens is 2. The number of nitro groups is 1. The molecule has 21 heavy (non-hydrogen) atoms. The van der Waals surface area contributed by atoms with E-state index in [9.17, 15) is 10.1 Å². The molecule has 0 spiro atoms. The Hall–Kier alpha value is -1.96. The monoisotopic (exact) mass is 296 g/mol. The van der Waals surface area contributed by atoms with Crippen LogP contribution in [0.1, 0.15) is 27.2 Å². The van der Waals surface area contributed by atoms with Crippen LogP contribution in [0.2, 0.25) is 0 Å². The summed E-state index contributed by atoms with van der Waals surface area (Å²) >= 11 is 0. The van der Waals surface area contributed by atoms with Crippen LogP contribution in [0.3, 0.4) is 0 Å². The summed E-state index contributed by atoms with van der Waals surface area (Å²) in [6.45, 7) is 8.23. The topological polar surface area (TPSA) is 96.2 Å². The second-order valence-corrected chi connectivity index (χ2v) is 4.88. The van der Waals surface area contributed by atoms with Gasteiger partial charge in [-0.1, -0.05) is 6.92 Å². The van der Waals surface area contributed by atoms with Gasteiger partial charge in [0, 0.05) is 25.7 Å². The standard InChI is InChI=1S/C13H24N6O2/c1-5-10(3)18(4)8-7-15-12-11(19(20)21)9-16-13(17-12)14-6-2/h9-10H,5-8H2,1-4H3,(H2,14,15,16,17). The molecule has 0 aliphatic carbocycles. The lowest BCUT2D eigenvalue weighted by Gasteiger charge is -2.23. The minimum absolute atomic E-state index is 0.108. The molecule has 0 amide bonds. The Labute approximate surface area is 125 Å². The van der Waals surface area contributed by atoms with E-state index in [1.54, 1.807) is 0 Å². The van der Waals surface area contributed by atoms with Crippen molar-refractivity contribution in [2.24, 2.45) is 0 Å². The Kier molecular flexibility index (Phi) is 6.80. The van der Waals surface area contributed by atoms with Gasteiger partial charge in [0.1, 0.15) is 6.20 Å². The summed E-state index contributed by atoms with van der Waals surface area (Å²) in [5.41, 5.74) is -0.108. The van der Waals surface area contributed by atoms with Gasteiger partial charge in [0.2, 0.25) is 11.8 Å². The molecule has 1 unspecified atom stereocenters. The molecule has 1 rings (SSSR count). The van der Waals surface area contributed by atoms with Gasteiger partial charge in [-0.25, -0.2) is 4.98 Å². The Balaban J connectivity index is 2.71. The lowest BCUT2D eigenvalue weighted by molar-refractivity contribution is -0.384. The molecule has 8 heteroatoms. The predicted octanol–water partition coefficient (Wildman–Crippen LogP) is 1.96. The highest BCUT2D eigenvalue weighted by molar-refractivity contribution is 5.56. The van der Waals surface area contributed by atoms with Gasteiger partial charge >= 0.3 is 5.69 Å². The maximum absolute atomic E-state index is 11.0. The van der Waals surface area contributed by atoms with Crippen molar-refractivity contribution in [1.82, 2.24) is 14.9 Å². The van der Waals surface area contributed by atoms with E-state index in [2.05, 4.69) is 39.3 Å². The summed E-state index contributed by atoms with van der Waals surface area (Å²) < 4.78 is 0. The quantitative estimate of drug-likeness (QED) is 0.531. The molecule has 1 aromatic heterocycles. The summed E-state index contributed by atoms with van der Waals surface area (Å²) in [7, 11) is 2.04. The predicted molar refractivity (Wildman–Crippen MR) is 83.7 cm³/mol. The van der Waals surface area contributed by atoms with Crippen molar-refractivity contribution in [2.45, 2.75) is 33.2 Å². The molecule has 1 aromatic rings. The molecule has 0 saturated carbocycles. The molecule has 0 radical (unpaired) electrons. The van der Waals surface area contributed by atoms with Gasteiger partial charge in [0.15, 0.2) is 0 Å². The highest BCUT2D eigenvalue weighted by Crippen LogP contribution is 2.21. The maximum atomic E-state index is 11.0. The summed E-state index contributed by atoms with van der Waals surface area (Å²) in [5.74, 6) is 0.643. The Morgan fingerprint density at radius 2 is 2.14 bits per heavy atom. The molecule has 0 saturated heterocycles. The van der Waals surface area contributed by atoms with Gasteiger partial charge < -0.3 is 15.5 Å². The van der Waals surface area contributed by atoms with Crippen LogP contribution in [0.4, 0.5) is 17.5 Å². The SMILES string of the molecule is CCNc1ncc([N+](=O)[O-])c(NCCN(C)C(C)CC)n1. The molecular formula is C13H24N6O2. The van der Waals surface area contributed by atoms with E-state index in [1.165, 1.54) is 6.20 Å². The number of hydrogen-bond acceptors (Lipinski definition) is 7. The first-order valence-electron chi connectivity index (χ1n) is 7.19. The lowest BCUT2D eigenvalue weighted by Crippen LogP contribution is -2.32. The fraction of sp³-hybridized carbons (Fsp3) is 0.692. The van der Waals surface area contributed by atoms with Crippen LogP contribution < -0.4 is 10.6 Å². The van der Waals surface area contributed by atoms with Gasteiger partial charge in [0.25, 0.3) is 0 Å². The number of hydrogen-bond donors (Lipinski definition) is 2. The number of rotatable bonds is 9. The first-order chi connectivity index (χ1) is 9.99. The van der Waals surface area contributed by atoms with E-state index >= 15 is 0 Å². The first-order valence-corrected chi connectivity index (χ1v) is 7.19. The Morgan fingerprint density at radius 1 is 1.43 bits per heavy atom. The normalized spacial score (nSPS) is 12.2. The van der Waals surface area contributed by atoms with Gasteiger partial charge in [-0.3, -0.25) is 10.1 Å². The summed E-state index contributed by atoms with van der Waals surface area (Å²) in [6, 6.07) is 0.476. The van der Waals surface area contributed by atoms with Crippen LogP contribution in [-0.2, 0) is 0 Å². The smallest absolute Gasteiger partial charge is 0.329 e. The molecule has 0 aliphatic heterocycles. The lowest BCUT2D eigenvalue weighted by atomic mass is 10.2. The first kappa shape index (κ1) is 17.1. The van der Waals surface area contributed by atoms with Crippen molar-refractivity contribution >= 4 is 17.5 Å². The molecule has 1 heterocycles. The molecule has 0 fully saturated rings. The van der Waals surface area contributed by atoms with E-state index in [4.69, 9.17) is 0 Å². The average Bonchev–Trinajstić information content (AvgIpc) is 2.46. The molecule has 8 nitrogen and oxygen atoms in total. The largest absolute Gasteiger partial charge is 0.363 e. The van der Waals surface area contributed by atoms with Crippen LogP contribution in [-0.4, -0.2) is 52.5 Å². The van der Waals surface area contributed by atoms with E-state index < -0.39 is 4.92 Å². The van der Waals surface area contributed by atoms with Crippen LogP contribution in [0.5, 0.6) is 0 Å². The van der Waals surface area contributed by atoms with Crippen molar-refractivity contribution < 1.29 is 4.92 Å². The van der Waals surface area contributed by atoms with Gasteiger partial charge in [0.05, 0.1) is 4.92 Å². The zero-order chi connectivity index (χ0) is 15.8. The molecule has 2 N–H and O–H groups in total. The zero-order valence-corrected chi connectivity index (χ0v) is 13.1. The average molecular weight is 296 g/mol. The molecule has 118 valence electrons. The Bertz CT molecular complexity index is 468. The zero-order valence-electron chi connectivity index (χ0n) is 13.1. The minimum atomic E-state index is -0.476. The third kappa shape index (κ3) is 5.14. The summed E-state index contributed by atoms with van der Waals surface area (Å²) in [4.78, 5) is 20.8. The summed E-state index contributed by atoms with van der Waals surface area (Å²) in [6.07, 6.45) is 2.29. The van der Waals surface area contributed by atoms with E-state index in [0.29, 0.717) is 25.1 Å². The van der Waals surface area contributed by atoms with Gasteiger partial charge in [-0.05, 0) is 27.3 Å². The number of anilines is 2. The van der Waals surface area contributed by atoms with E-state index in [-0.39, 0.29) is 11.5 Å². The highest BCUT2D eigenvalue weighted by Gasteiger charge is 2.17. The highest BCUT2D eigenvalue weighted by atomic mass is 16.6. The van der Waals surface area contributed by atoms with Crippen molar-refractivity contribution in [3.05, 3.63) is 16.3 Å². The Morgan fingerprint density at radius 3 is 2.71 bits per heavy atom. The fourth-order valence-corrected chi connectivity index (χ4v) is 1.77. The molecule has 0 bridgehead atoms. The molecule has 0 aliphatic rings. The van der Waals surface area contributed by atoms with Crippen molar-refractivity contribution in [1.29, 1.82) is 0 Å². The van der Waals surface area contributed by atoms with Crippen LogP contribution in [0, 0.1) is 10.1 Å². The van der Waals surface area contributed by atoms with Crippen LogP contribution in [0.25, 0.3) is 0 Å². The van der Waals surface area contributed by atoms with Crippen molar-refractivity contribution in [2.75, 3.05) is 37.3 Å². The fourth-order valence-electron chi connectivity index (χ4n) is 1.77. The van der Waals surface area contributed by atoms with E-state index in [0.717, 1.165) is 13.0 Å². The summed E-state index contributed by atoms with van der Waals surface area (Å²) in [5, 5.41) is 17.0. The second kappa shape index (κ2) is 8.35. The van der Waals surface area contributed by atoms with Gasteiger partial charge in [-0.2, -0.15) is 4.98 Å². The van der Waals surface area contributed by atoms with Crippen molar-refractivity contribution in [3.8, 4) is 0 Å². The minimum Gasteiger partial charge on any atom is -0.363 e.